The van der Waals surface area contributed by atoms with Crippen LogP contribution in [0.15, 0.2) is 59.4 Å². The molecule has 2 aromatic carbocycles. The molecule has 0 amide bonds. The van der Waals surface area contributed by atoms with Gasteiger partial charge in [0, 0.05) is 6.54 Å². The molecule has 0 atom stereocenters. The zero-order chi connectivity index (χ0) is 17.8. The van der Waals surface area contributed by atoms with Gasteiger partial charge in [0.1, 0.15) is 0 Å². The SMILES string of the molecule is O=c1sc2ccccc2n1CCCN1CCC(Cc2ccccc2)CC1. The van der Waals surface area contributed by atoms with E-state index >= 15 is 0 Å². The minimum Gasteiger partial charge on any atom is -0.303 e. The second-order valence-electron chi connectivity index (χ2n) is 7.32. The van der Waals surface area contributed by atoms with Crippen molar-refractivity contribution in [3.63, 3.8) is 0 Å². The third-order valence-electron chi connectivity index (χ3n) is 5.50. The summed E-state index contributed by atoms with van der Waals surface area (Å²) >= 11 is 1.36. The van der Waals surface area contributed by atoms with Crippen molar-refractivity contribution >= 4 is 21.6 Å². The first-order valence-electron chi connectivity index (χ1n) is 9.64. The summed E-state index contributed by atoms with van der Waals surface area (Å²) in [6.07, 6.45) is 4.83. The van der Waals surface area contributed by atoms with Gasteiger partial charge in [-0.1, -0.05) is 53.8 Å². The second-order valence-corrected chi connectivity index (χ2v) is 8.31. The first kappa shape index (κ1) is 17.5. The van der Waals surface area contributed by atoms with Crippen LogP contribution in [0.25, 0.3) is 10.2 Å². The smallest absolute Gasteiger partial charge is 0.303 e. The summed E-state index contributed by atoms with van der Waals surface area (Å²) in [7, 11) is 0. The summed E-state index contributed by atoms with van der Waals surface area (Å²) in [6, 6.07) is 19.0. The molecule has 26 heavy (non-hydrogen) atoms. The van der Waals surface area contributed by atoms with E-state index < -0.39 is 0 Å². The average Bonchev–Trinajstić information content (AvgIpc) is 2.99. The predicted octanol–water partition coefficient (Wildman–Crippen LogP) is 4.41. The van der Waals surface area contributed by atoms with Gasteiger partial charge in [-0.15, -0.1) is 0 Å². The highest BCUT2D eigenvalue weighted by Crippen LogP contribution is 2.22. The van der Waals surface area contributed by atoms with Crippen LogP contribution in [0.2, 0.25) is 0 Å². The van der Waals surface area contributed by atoms with Crippen LogP contribution in [0.3, 0.4) is 0 Å². The van der Waals surface area contributed by atoms with E-state index in [9.17, 15) is 4.79 Å². The molecular weight excluding hydrogens is 340 g/mol. The van der Waals surface area contributed by atoms with Crippen molar-refractivity contribution in [1.82, 2.24) is 9.47 Å². The molecule has 0 radical (unpaired) electrons. The number of hydrogen-bond acceptors (Lipinski definition) is 3. The highest BCUT2D eigenvalue weighted by molar-refractivity contribution is 7.16. The third-order valence-corrected chi connectivity index (χ3v) is 6.46. The van der Waals surface area contributed by atoms with Gasteiger partial charge in [0.25, 0.3) is 0 Å². The van der Waals surface area contributed by atoms with Crippen molar-refractivity contribution < 1.29 is 0 Å². The van der Waals surface area contributed by atoms with E-state index in [1.165, 1.54) is 49.3 Å². The fourth-order valence-corrected chi connectivity index (χ4v) is 4.96. The van der Waals surface area contributed by atoms with E-state index in [0.717, 1.165) is 35.6 Å². The molecule has 1 saturated heterocycles. The van der Waals surface area contributed by atoms with Gasteiger partial charge in [-0.05, 0) is 68.9 Å². The summed E-state index contributed by atoms with van der Waals surface area (Å²) in [6.45, 7) is 4.30. The fourth-order valence-electron chi connectivity index (χ4n) is 4.04. The van der Waals surface area contributed by atoms with Crippen LogP contribution in [0, 0.1) is 5.92 Å². The van der Waals surface area contributed by atoms with Gasteiger partial charge < -0.3 is 4.90 Å². The topological polar surface area (TPSA) is 25.2 Å². The zero-order valence-electron chi connectivity index (χ0n) is 15.1. The second kappa shape index (κ2) is 8.19. The van der Waals surface area contributed by atoms with E-state index in [0.29, 0.717) is 0 Å². The highest BCUT2D eigenvalue weighted by Gasteiger charge is 2.19. The van der Waals surface area contributed by atoms with E-state index in [1.54, 1.807) is 0 Å². The minimum atomic E-state index is 0.174. The molecule has 1 fully saturated rings. The Bertz CT molecular complexity index is 891. The van der Waals surface area contributed by atoms with E-state index in [4.69, 9.17) is 0 Å². The Balaban J connectivity index is 1.25. The normalized spacial score (nSPS) is 16.3. The Kier molecular flexibility index (Phi) is 5.51. The first-order chi connectivity index (χ1) is 12.8. The number of benzene rings is 2. The van der Waals surface area contributed by atoms with Crippen LogP contribution in [-0.4, -0.2) is 29.1 Å². The molecule has 0 aliphatic carbocycles. The van der Waals surface area contributed by atoms with Gasteiger partial charge in [-0.25, -0.2) is 0 Å². The van der Waals surface area contributed by atoms with E-state index in [-0.39, 0.29) is 4.87 Å². The third kappa shape index (κ3) is 4.08. The van der Waals surface area contributed by atoms with Gasteiger partial charge in [0.15, 0.2) is 0 Å². The molecule has 0 N–H and O–H groups in total. The quantitative estimate of drug-likeness (QED) is 0.646. The molecule has 1 aliphatic heterocycles. The van der Waals surface area contributed by atoms with Crippen LogP contribution in [-0.2, 0) is 13.0 Å². The molecule has 136 valence electrons. The number of hydrogen-bond donors (Lipinski definition) is 0. The van der Waals surface area contributed by atoms with Gasteiger partial charge in [-0.3, -0.25) is 9.36 Å². The number of nitrogens with zero attached hydrogens (tertiary/aromatic N) is 2. The van der Waals surface area contributed by atoms with Crippen molar-refractivity contribution in [1.29, 1.82) is 0 Å². The Hall–Kier alpha value is -1.91. The Morgan fingerprint density at radius 2 is 1.65 bits per heavy atom. The lowest BCUT2D eigenvalue weighted by molar-refractivity contribution is 0.180. The highest BCUT2D eigenvalue weighted by atomic mass is 32.1. The monoisotopic (exact) mass is 366 g/mol. The number of para-hydroxylation sites is 1. The van der Waals surface area contributed by atoms with Crippen LogP contribution in [0.1, 0.15) is 24.8 Å². The summed E-state index contributed by atoms with van der Waals surface area (Å²) in [4.78, 5) is 14.9. The van der Waals surface area contributed by atoms with Crippen molar-refractivity contribution in [3.8, 4) is 0 Å². The Morgan fingerprint density at radius 1 is 0.923 bits per heavy atom. The molecule has 0 unspecified atom stereocenters. The molecular formula is C22H26N2OS. The van der Waals surface area contributed by atoms with Crippen LogP contribution >= 0.6 is 11.3 Å². The summed E-state index contributed by atoms with van der Waals surface area (Å²) in [5.74, 6) is 0.817. The van der Waals surface area contributed by atoms with Crippen molar-refractivity contribution in [2.45, 2.75) is 32.2 Å². The zero-order valence-corrected chi connectivity index (χ0v) is 16.0. The Labute approximate surface area is 158 Å². The van der Waals surface area contributed by atoms with Crippen LogP contribution in [0.5, 0.6) is 0 Å². The number of fused-ring (bicyclic) bond motifs is 1. The van der Waals surface area contributed by atoms with E-state index in [2.05, 4.69) is 41.3 Å². The first-order valence-corrected chi connectivity index (χ1v) is 10.5. The van der Waals surface area contributed by atoms with Gasteiger partial charge in [0.05, 0.1) is 10.2 Å². The standard InChI is InChI=1S/C22H26N2OS/c25-22-24(20-9-4-5-10-21(20)26-22)14-6-13-23-15-11-19(12-16-23)17-18-7-2-1-3-8-18/h1-5,7-10,19H,6,11-17H2. The van der Waals surface area contributed by atoms with Crippen molar-refractivity contribution in [2.75, 3.05) is 19.6 Å². The maximum Gasteiger partial charge on any atom is 0.308 e. The molecule has 3 nitrogen and oxygen atoms in total. The molecule has 0 bridgehead atoms. The summed E-state index contributed by atoms with van der Waals surface area (Å²) in [5.41, 5.74) is 2.55. The lowest BCUT2D eigenvalue weighted by Gasteiger charge is -2.32. The molecule has 4 rings (SSSR count). The van der Waals surface area contributed by atoms with Crippen molar-refractivity contribution in [3.05, 3.63) is 69.8 Å². The number of thiazole rings is 1. The lowest BCUT2D eigenvalue weighted by Crippen LogP contribution is -2.35. The number of aryl methyl sites for hydroxylation is 1. The van der Waals surface area contributed by atoms with E-state index in [1.807, 2.05) is 22.8 Å². The average molecular weight is 367 g/mol. The maximum absolute atomic E-state index is 12.2. The molecule has 0 saturated carbocycles. The van der Waals surface area contributed by atoms with Crippen LogP contribution < -0.4 is 4.87 Å². The molecule has 2 heterocycles. The largest absolute Gasteiger partial charge is 0.308 e. The molecule has 0 spiro atoms. The fraction of sp³-hybridized carbons (Fsp3) is 0.409. The van der Waals surface area contributed by atoms with Crippen molar-refractivity contribution in [2.24, 2.45) is 5.92 Å². The maximum atomic E-state index is 12.2. The van der Waals surface area contributed by atoms with Gasteiger partial charge in [0.2, 0.25) is 0 Å². The minimum absolute atomic E-state index is 0.174. The molecule has 1 aliphatic rings. The van der Waals surface area contributed by atoms with Crippen LogP contribution in [0.4, 0.5) is 0 Å². The molecule has 3 aromatic rings. The lowest BCUT2D eigenvalue weighted by atomic mass is 9.90. The van der Waals surface area contributed by atoms with Gasteiger partial charge >= 0.3 is 4.87 Å². The number of piperidine rings is 1. The molecule has 4 heteroatoms. The number of rotatable bonds is 6. The summed E-state index contributed by atoms with van der Waals surface area (Å²) < 4.78 is 3.04. The molecule has 1 aromatic heterocycles. The summed E-state index contributed by atoms with van der Waals surface area (Å²) in [5, 5.41) is 0. The Morgan fingerprint density at radius 3 is 2.46 bits per heavy atom. The number of aromatic nitrogens is 1. The van der Waals surface area contributed by atoms with Gasteiger partial charge in [-0.2, -0.15) is 0 Å². The number of likely N-dealkylation sites (tertiary alicyclic amines) is 1. The predicted molar refractivity (Wildman–Crippen MR) is 110 cm³/mol.